The van der Waals surface area contributed by atoms with Gasteiger partial charge in [0.2, 0.25) is 0 Å². The summed E-state index contributed by atoms with van der Waals surface area (Å²) in [5.74, 6) is 1.36. The van der Waals surface area contributed by atoms with Crippen LogP contribution in [0.25, 0.3) is 5.57 Å². The highest BCUT2D eigenvalue weighted by Crippen LogP contribution is 2.29. The molecule has 2 aromatic rings. The molecule has 2 nitrogen and oxygen atoms in total. The van der Waals surface area contributed by atoms with Crippen molar-refractivity contribution >= 4 is 5.57 Å². The van der Waals surface area contributed by atoms with Gasteiger partial charge in [0.25, 0.3) is 0 Å². The number of methoxy groups -OCH3 is 1. The van der Waals surface area contributed by atoms with Crippen LogP contribution in [0.4, 0.5) is 0 Å². The minimum atomic E-state index is 0.449. The first-order valence-corrected chi connectivity index (χ1v) is 8.13. The van der Waals surface area contributed by atoms with Gasteiger partial charge < -0.3 is 9.64 Å². The van der Waals surface area contributed by atoms with Crippen molar-refractivity contribution in [3.8, 4) is 5.75 Å². The van der Waals surface area contributed by atoms with Crippen molar-refractivity contribution in [2.24, 2.45) is 5.92 Å². The molecule has 0 N–H and O–H groups in total. The van der Waals surface area contributed by atoms with Gasteiger partial charge in [0.05, 0.1) is 7.11 Å². The first kappa shape index (κ1) is 17.3. The second kappa shape index (κ2) is 8.54. The predicted octanol–water partition coefficient (Wildman–Crippen LogP) is 4.52. The highest BCUT2D eigenvalue weighted by atomic mass is 16.5. The van der Waals surface area contributed by atoms with Crippen molar-refractivity contribution in [1.82, 2.24) is 4.90 Å². The van der Waals surface area contributed by atoms with E-state index in [1.54, 1.807) is 7.11 Å². The van der Waals surface area contributed by atoms with Crippen LogP contribution in [0.2, 0.25) is 0 Å². The van der Waals surface area contributed by atoms with Crippen LogP contribution in [0, 0.1) is 5.92 Å². The van der Waals surface area contributed by atoms with Gasteiger partial charge in [-0.15, -0.1) is 0 Å². The Bertz CT molecular complexity index is 631. The lowest BCUT2D eigenvalue weighted by atomic mass is 9.86. The number of rotatable bonds is 7. The van der Waals surface area contributed by atoms with Gasteiger partial charge >= 0.3 is 0 Å². The fourth-order valence-electron chi connectivity index (χ4n) is 3.05. The van der Waals surface area contributed by atoms with Crippen molar-refractivity contribution in [2.45, 2.75) is 13.3 Å². The van der Waals surface area contributed by atoms with E-state index in [1.165, 1.54) is 16.7 Å². The van der Waals surface area contributed by atoms with Crippen LogP contribution >= 0.6 is 0 Å². The van der Waals surface area contributed by atoms with E-state index in [9.17, 15) is 0 Å². The molecular formula is C21H27NO. The zero-order valence-corrected chi connectivity index (χ0v) is 14.6. The average Bonchev–Trinajstić information content (AvgIpc) is 2.56. The summed E-state index contributed by atoms with van der Waals surface area (Å²) in [6.07, 6.45) is 3.28. The van der Waals surface area contributed by atoms with E-state index in [0.29, 0.717) is 5.92 Å². The molecule has 0 aliphatic heterocycles. The van der Waals surface area contributed by atoms with Crippen LogP contribution in [0.5, 0.6) is 5.75 Å². The average molecular weight is 309 g/mol. The van der Waals surface area contributed by atoms with Crippen molar-refractivity contribution in [1.29, 1.82) is 0 Å². The molecule has 0 saturated heterocycles. The van der Waals surface area contributed by atoms with Gasteiger partial charge in [-0.25, -0.2) is 0 Å². The molecule has 0 amide bonds. The molecule has 23 heavy (non-hydrogen) atoms. The van der Waals surface area contributed by atoms with Gasteiger partial charge in [-0.1, -0.05) is 48.5 Å². The molecule has 0 bridgehead atoms. The van der Waals surface area contributed by atoms with Gasteiger partial charge in [-0.3, -0.25) is 0 Å². The zero-order chi connectivity index (χ0) is 16.7. The van der Waals surface area contributed by atoms with Gasteiger partial charge in [0.15, 0.2) is 0 Å². The van der Waals surface area contributed by atoms with E-state index in [1.807, 2.05) is 6.07 Å². The maximum Gasteiger partial charge on any atom is 0.119 e. The van der Waals surface area contributed by atoms with Gasteiger partial charge in [-0.05, 0) is 56.3 Å². The smallest absolute Gasteiger partial charge is 0.119 e. The molecule has 1 atom stereocenters. The summed E-state index contributed by atoms with van der Waals surface area (Å²) in [7, 11) is 5.99. The first-order chi connectivity index (χ1) is 11.1. The summed E-state index contributed by atoms with van der Waals surface area (Å²) in [5.41, 5.74) is 4.00. The molecule has 0 radical (unpaired) electrons. The summed E-state index contributed by atoms with van der Waals surface area (Å²) in [6.45, 7) is 3.15. The molecule has 0 aliphatic carbocycles. The van der Waals surface area contributed by atoms with Crippen LogP contribution in [0.3, 0.4) is 0 Å². The Morgan fingerprint density at radius 2 is 1.83 bits per heavy atom. The molecule has 0 aromatic heterocycles. The standard InChI is InChI=1S/C21H27NO/c1-5-21(18-12-9-13-20(15-18)23-4)19(16-22(2)3)14-17-10-7-6-8-11-17/h5-13,15,19H,14,16H2,1-4H3. The Morgan fingerprint density at radius 3 is 2.43 bits per heavy atom. The molecule has 0 saturated carbocycles. The van der Waals surface area contributed by atoms with E-state index < -0.39 is 0 Å². The Kier molecular flexibility index (Phi) is 6.42. The summed E-state index contributed by atoms with van der Waals surface area (Å²) in [6, 6.07) is 19.1. The molecule has 1 unspecified atom stereocenters. The Labute approximate surface area is 140 Å². The highest BCUT2D eigenvalue weighted by Gasteiger charge is 2.17. The van der Waals surface area contributed by atoms with Crippen molar-refractivity contribution in [3.63, 3.8) is 0 Å². The highest BCUT2D eigenvalue weighted by molar-refractivity contribution is 5.68. The third-order valence-electron chi connectivity index (χ3n) is 4.06. The lowest BCUT2D eigenvalue weighted by Crippen LogP contribution is -2.24. The maximum atomic E-state index is 5.39. The van der Waals surface area contributed by atoms with Crippen LogP contribution in [-0.2, 0) is 6.42 Å². The predicted molar refractivity (Wildman–Crippen MR) is 98.8 cm³/mol. The normalized spacial score (nSPS) is 13.2. The number of ether oxygens (including phenoxy) is 1. The number of hydrogen-bond donors (Lipinski definition) is 0. The largest absolute Gasteiger partial charge is 0.497 e. The molecule has 2 aromatic carbocycles. The molecule has 122 valence electrons. The molecule has 0 fully saturated rings. The lowest BCUT2D eigenvalue weighted by Gasteiger charge is -2.25. The molecule has 0 heterocycles. The fraction of sp³-hybridized carbons (Fsp3) is 0.333. The second-order valence-corrected chi connectivity index (χ2v) is 6.12. The molecule has 0 aliphatic rings. The number of benzene rings is 2. The SMILES string of the molecule is CC=C(c1cccc(OC)c1)C(Cc1ccccc1)CN(C)C. The number of allylic oxidation sites excluding steroid dienone is 1. The van der Waals surface area contributed by atoms with Crippen molar-refractivity contribution in [3.05, 3.63) is 71.8 Å². The Balaban J connectivity index is 2.31. The van der Waals surface area contributed by atoms with Crippen molar-refractivity contribution in [2.75, 3.05) is 27.7 Å². The molecule has 2 heteroatoms. The summed E-state index contributed by atoms with van der Waals surface area (Å²) in [4.78, 5) is 2.26. The third-order valence-corrected chi connectivity index (χ3v) is 4.06. The fourth-order valence-corrected chi connectivity index (χ4v) is 3.05. The number of hydrogen-bond acceptors (Lipinski definition) is 2. The summed E-state index contributed by atoms with van der Waals surface area (Å²) in [5, 5.41) is 0. The summed E-state index contributed by atoms with van der Waals surface area (Å²) < 4.78 is 5.39. The minimum Gasteiger partial charge on any atom is -0.497 e. The second-order valence-electron chi connectivity index (χ2n) is 6.12. The van der Waals surface area contributed by atoms with Crippen LogP contribution in [0.1, 0.15) is 18.1 Å². The lowest BCUT2D eigenvalue weighted by molar-refractivity contribution is 0.363. The van der Waals surface area contributed by atoms with E-state index >= 15 is 0 Å². The first-order valence-electron chi connectivity index (χ1n) is 8.13. The monoisotopic (exact) mass is 309 g/mol. The van der Waals surface area contributed by atoms with E-state index in [-0.39, 0.29) is 0 Å². The Morgan fingerprint density at radius 1 is 1.09 bits per heavy atom. The topological polar surface area (TPSA) is 12.5 Å². The summed E-state index contributed by atoms with van der Waals surface area (Å²) >= 11 is 0. The third kappa shape index (κ3) is 4.97. The van der Waals surface area contributed by atoms with Gasteiger partial charge in [0.1, 0.15) is 5.75 Å². The van der Waals surface area contributed by atoms with Crippen LogP contribution in [0.15, 0.2) is 60.7 Å². The van der Waals surface area contributed by atoms with E-state index in [0.717, 1.165) is 18.7 Å². The molecular weight excluding hydrogens is 282 g/mol. The quantitative estimate of drug-likeness (QED) is 0.745. The number of nitrogens with zero attached hydrogens (tertiary/aromatic N) is 1. The van der Waals surface area contributed by atoms with Crippen molar-refractivity contribution < 1.29 is 4.74 Å². The maximum absolute atomic E-state index is 5.39. The van der Waals surface area contributed by atoms with E-state index in [2.05, 4.69) is 80.5 Å². The minimum absolute atomic E-state index is 0.449. The van der Waals surface area contributed by atoms with E-state index in [4.69, 9.17) is 4.74 Å². The molecule has 2 rings (SSSR count). The zero-order valence-electron chi connectivity index (χ0n) is 14.6. The van der Waals surface area contributed by atoms with Crippen LogP contribution in [-0.4, -0.2) is 32.6 Å². The van der Waals surface area contributed by atoms with Gasteiger partial charge in [0, 0.05) is 12.5 Å². The van der Waals surface area contributed by atoms with Gasteiger partial charge in [-0.2, -0.15) is 0 Å². The molecule has 0 spiro atoms. The Hall–Kier alpha value is -2.06. The van der Waals surface area contributed by atoms with Crippen LogP contribution < -0.4 is 4.74 Å².